The Bertz CT molecular complexity index is 581. The van der Waals surface area contributed by atoms with E-state index in [2.05, 4.69) is 14.9 Å². The minimum Gasteiger partial charge on any atom is -0.382 e. The predicted octanol–water partition coefficient (Wildman–Crippen LogP) is -0.469. The van der Waals surface area contributed by atoms with Gasteiger partial charge in [0, 0.05) is 40.3 Å². The quantitative estimate of drug-likeness (QED) is 0.805. The second-order valence-corrected chi connectivity index (χ2v) is 5.49. The Morgan fingerprint density at radius 2 is 2.18 bits per heavy atom. The van der Waals surface area contributed by atoms with Gasteiger partial charge in [0.15, 0.2) is 0 Å². The first-order valence-electron chi connectivity index (χ1n) is 7.21. The molecule has 2 N–H and O–H groups in total. The molecule has 1 amide bonds. The third-order valence-corrected chi connectivity index (χ3v) is 3.66. The van der Waals surface area contributed by atoms with E-state index in [0.29, 0.717) is 12.5 Å². The molecule has 1 aromatic rings. The Morgan fingerprint density at radius 1 is 1.41 bits per heavy atom. The summed E-state index contributed by atoms with van der Waals surface area (Å²) < 4.78 is 0. The Balaban J connectivity index is 2.00. The van der Waals surface area contributed by atoms with Gasteiger partial charge in [0.2, 0.25) is 11.9 Å². The molecule has 8 nitrogen and oxygen atoms in total. The summed E-state index contributed by atoms with van der Waals surface area (Å²) in [6.07, 6.45) is 2.37. The maximum absolute atomic E-state index is 11.8. The third kappa shape index (κ3) is 3.83. The lowest BCUT2D eigenvalue weighted by atomic mass is 10.3. The number of nitriles is 1. The molecule has 1 fully saturated rings. The monoisotopic (exact) mass is 303 g/mol. The van der Waals surface area contributed by atoms with Crippen LogP contribution in [0.3, 0.4) is 0 Å². The average Bonchev–Trinajstić information content (AvgIpc) is 2.72. The molecule has 1 aliphatic heterocycles. The van der Waals surface area contributed by atoms with Crippen molar-refractivity contribution in [2.45, 2.75) is 6.42 Å². The van der Waals surface area contributed by atoms with Gasteiger partial charge >= 0.3 is 0 Å². The normalized spacial score (nSPS) is 16.0. The van der Waals surface area contributed by atoms with Crippen LogP contribution in [-0.4, -0.2) is 72.5 Å². The molecular formula is C14H21N7O. The standard InChI is InChI=1S/C14H21N7O/c1-19(2)12(22)10-20-4-3-5-21(7-6-20)14-17-9-11(8-15)13(16)18-14/h9H,3-7,10H2,1-2H3,(H2,16,17,18). The molecule has 0 saturated carbocycles. The lowest BCUT2D eigenvalue weighted by Gasteiger charge is -2.22. The summed E-state index contributed by atoms with van der Waals surface area (Å²) in [5.74, 6) is 0.848. The van der Waals surface area contributed by atoms with Gasteiger partial charge in [0.25, 0.3) is 0 Å². The number of anilines is 2. The topological polar surface area (TPSA) is 102 Å². The molecule has 0 spiro atoms. The maximum Gasteiger partial charge on any atom is 0.236 e. The minimum atomic E-state index is 0.104. The number of likely N-dealkylation sites (N-methyl/N-ethyl adjacent to an activating group) is 1. The first kappa shape index (κ1) is 16.0. The molecule has 0 aliphatic carbocycles. The van der Waals surface area contributed by atoms with Crippen molar-refractivity contribution in [1.82, 2.24) is 19.8 Å². The number of carbonyl (C=O) groups excluding carboxylic acids is 1. The van der Waals surface area contributed by atoms with E-state index >= 15 is 0 Å². The van der Waals surface area contributed by atoms with Crippen LogP contribution in [0.5, 0.6) is 0 Å². The van der Waals surface area contributed by atoms with Crippen LogP contribution >= 0.6 is 0 Å². The summed E-state index contributed by atoms with van der Waals surface area (Å²) in [4.78, 5) is 26.0. The number of nitrogen functional groups attached to an aromatic ring is 1. The van der Waals surface area contributed by atoms with Crippen molar-refractivity contribution >= 4 is 17.7 Å². The van der Waals surface area contributed by atoms with Crippen molar-refractivity contribution < 1.29 is 4.79 Å². The number of aromatic nitrogens is 2. The largest absolute Gasteiger partial charge is 0.382 e. The summed E-state index contributed by atoms with van der Waals surface area (Å²) in [7, 11) is 3.53. The summed E-state index contributed by atoms with van der Waals surface area (Å²) >= 11 is 0. The van der Waals surface area contributed by atoms with E-state index in [1.54, 1.807) is 19.0 Å². The van der Waals surface area contributed by atoms with Gasteiger partial charge in [-0.3, -0.25) is 9.69 Å². The van der Waals surface area contributed by atoms with Crippen molar-refractivity contribution in [2.24, 2.45) is 0 Å². The van der Waals surface area contributed by atoms with Crippen molar-refractivity contribution in [3.8, 4) is 6.07 Å². The Morgan fingerprint density at radius 3 is 2.82 bits per heavy atom. The van der Waals surface area contributed by atoms with Crippen LogP contribution in [0.15, 0.2) is 6.20 Å². The second-order valence-electron chi connectivity index (χ2n) is 5.49. The Kier molecular flexibility index (Phi) is 5.12. The molecule has 118 valence electrons. The van der Waals surface area contributed by atoms with Gasteiger partial charge in [-0.1, -0.05) is 0 Å². The van der Waals surface area contributed by atoms with Crippen LogP contribution < -0.4 is 10.6 Å². The smallest absolute Gasteiger partial charge is 0.236 e. The number of amides is 1. The highest BCUT2D eigenvalue weighted by atomic mass is 16.2. The molecule has 0 atom stereocenters. The fraction of sp³-hybridized carbons (Fsp3) is 0.571. The van der Waals surface area contributed by atoms with Crippen LogP contribution in [0, 0.1) is 11.3 Å². The highest BCUT2D eigenvalue weighted by molar-refractivity contribution is 5.77. The summed E-state index contributed by atoms with van der Waals surface area (Å²) in [6, 6.07) is 1.96. The number of nitrogens with two attached hydrogens (primary N) is 1. The van der Waals surface area contributed by atoms with Crippen molar-refractivity contribution in [3.63, 3.8) is 0 Å². The van der Waals surface area contributed by atoms with E-state index in [-0.39, 0.29) is 17.3 Å². The van der Waals surface area contributed by atoms with E-state index in [1.807, 2.05) is 11.0 Å². The lowest BCUT2D eigenvalue weighted by Crippen LogP contribution is -2.39. The van der Waals surface area contributed by atoms with Gasteiger partial charge in [0.05, 0.1) is 12.7 Å². The summed E-state index contributed by atoms with van der Waals surface area (Å²) in [6.45, 7) is 3.59. The zero-order chi connectivity index (χ0) is 16.1. The van der Waals surface area contributed by atoms with E-state index < -0.39 is 0 Å². The Hall–Kier alpha value is -2.40. The SMILES string of the molecule is CN(C)C(=O)CN1CCCN(c2ncc(C#N)c(N)n2)CC1. The third-order valence-electron chi connectivity index (χ3n) is 3.66. The summed E-state index contributed by atoms with van der Waals surface area (Å²) in [5.41, 5.74) is 6.03. The fourth-order valence-corrected chi connectivity index (χ4v) is 2.29. The Labute approximate surface area is 130 Å². The second kappa shape index (κ2) is 7.04. The molecule has 1 aromatic heterocycles. The van der Waals surface area contributed by atoms with E-state index in [0.717, 1.165) is 32.6 Å². The average molecular weight is 303 g/mol. The molecule has 2 heterocycles. The molecule has 0 unspecified atom stereocenters. The van der Waals surface area contributed by atoms with Crippen LogP contribution in [-0.2, 0) is 4.79 Å². The van der Waals surface area contributed by atoms with Crippen molar-refractivity contribution in [2.75, 3.05) is 57.5 Å². The zero-order valence-electron chi connectivity index (χ0n) is 13.0. The van der Waals surface area contributed by atoms with Crippen molar-refractivity contribution in [3.05, 3.63) is 11.8 Å². The number of carbonyl (C=O) groups is 1. The molecule has 1 saturated heterocycles. The summed E-state index contributed by atoms with van der Waals surface area (Å²) in [5, 5.41) is 8.86. The minimum absolute atomic E-state index is 0.104. The highest BCUT2D eigenvalue weighted by Gasteiger charge is 2.19. The predicted molar refractivity (Wildman–Crippen MR) is 83.1 cm³/mol. The first-order valence-corrected chi connectivity index (χ1v) is 7.21. The van der Waals surface area contributed by atoms with Crippen LogP contribution in [0.25, 0.3) is 0 Å². The molecular weight excluding hydrogens is 282 g/mol. The number of hydrogen-bond acceptors (Lipinski definition) is 7. The van der Waals surface area contributed by atoms with Gasteiger partial charge in [-0.25, -0.2) is 4.98 Å². The number of nitrogens with zero attached hydrogens (tertiary/aromatic N) is 6. The van der Waals surface area contributed by atoms with Gasteiger partial charge in [-0.05, 0) is 6.42 Å². The number of rotatable bonds is 3. The maximum atomic E-state index is 11.8. The van der Waals surface area contributed by atoms with Crippen LogP contribution in [0.2, 0.25) is 0 Å². The van der Waals surface area contributed by atoms with Crippen molar-refractivity contribution in [1.29, 1.82) is 5.26 Å². The van der Waals surface area contributed by atoms with Crippen LogP contribution in [0.1, 0.15) is 12.0 Å². The molecule has 1 aliphatic rings. The number of hydrogen-bond donors (Lipinski definition) is 1. The molecule has 8 heteroatoms. The van der Waals surface area contributed by atoms with Crippen LogP contribution in [0.4, 0.5) is 11.8 Å². The van der Waals surface area contributed by atoms with Gasteiger partial charge in [0.1, 0.15) is 17.5 Å². The molecule has 2 rings (SSSR count). The highest BCUT2D eigenvalue weighted by Crippen LogP contribution is 2.15. The molecule has 0 aromatic carbocycles. The van der Waals surface area contributed by atoms with E-state index in [1.165, 1.54) is 6.20 Å². The lowest BCUT2D eigenvalue weighted by molar-refractivity contribution is -0.129. The van der Waals surface area contributed by atoms with Gasteiger partial charge in [-0.15, -0.1) is 0 Å². The van der Waals surface area contributed by atoms with E-state index in [4.69, 9.17) is 11.0 Å². The van der Waals surface area contributed by atoms with E-state index in [9.17, 15) is 4.79 Å². The molecule has 0 radical (unpaired) electrons. The molecule has 0 bridgehead atoms. The van der Waals surface area contributed by atoms with Gasteiger partial charge < -0.3 is 15.5 Å². The fourth-order valence-electron chi connectivity index (χ4n) is 2.29. The van der Waals surface area contributed by atoms with Gasteiger partial charge in [-0.2, -0.15) is 10.2 Å². The first-order chi connectivity index (χ1) is 10.5. The zero-order valence-corrected chi connectivity index (χ0v) is 13.0. The molecule has 22 heavy (non-hydrogen) atoms.